The third kappa shape index (κ3) is 4.07. The number of piperazine rings is 1. The Labute approximate surface area is 150 Å². The Morgan fingerprint density at radius 1 is 1.20 bits per heavy atom. The van der Waals surface area contributed by atoms with Gasteiger partial charge in [-0.1, -0.05) is 19.1 Å². The highest BCUT2D eigenvalue weighted by Crippen LogP contribution is 2.28. The third-order valence-electron chi connectivity index (χ3n) is 5.55. The minimum atomic E-state index is -0.104. The summed E-state index contributed by atoms with van der Waals surface area (Å²) in [7, 11) is 2.14. The molecule has 0 spiro atoms. The number of carbonyl (C=O) groups is 1. The van der Waals surface area contributed by atoms with Gasteiger partial charge < -0.3 is 25.1 Å². The standard InChI is InChI=1S/C19H30N4O2/c1-15-6-5-9-23(18(15)14-24)19(25)20-16-7-3-4-8-17(16)22-12-10-21(2)11-13-22/h3-4,7-8,15,18,24H,5-6,9-14H2,1-2H3,(H,20,25)/t15-,18-/m1/s1. The lowest BCUT2D eigenvalue weighted by molar-refractivity contribution is 0.0811. The van der Waals surface area contributed by atoms with Crippen LogP contribution in [0.5, 0.6) is 0 Å². The summed E-state index contributed by atoms with van der Waals surface area (Å²) in [5.41, 5.74) is 1.93. The monoisotopic (exact) mass is 346 g/mol. The second kappa shape index (κ2) is 8.06. The number of likely N-dealkylation sites (N-methyl/N-ethyl adjacent to an activating group) is 1. The van der Waals surface area contributed by atoms with E-state index in [1.165, 1.54) is 0 Å². The van der Waals surface area contributed by atoms with Crippen molar-refractivity contribution in [3.63, 3.8) is 0 Å². The zero-order chi connectivity index (χ0) is 17.8. The van der Waals surface area contributed by atoms with Gasteiger partial charge in [-0.25, -0.2) is 4.79 Å². The highest BCUT2D eigenvalue weighted by molar-refractivity contribution is 5.93. The molecule has 0 aliphatic carbocycles. The quantitative estimate of drug-likeness (QED) is 0.880. The van der Waals surface area contributed by atoms with E-state index in [0.29, 0.717) is 12.5 Å². The number of likely N-dealkylation sites (tertiary alicyclic amines) is 1. The zero-order valence-corrected chi connectivity index (χ0v) is 15.3. The first-order valence-electron chi connectivity index (χ1n) is 9.31. The second-order valence-corrected chi connectivity index (χ2v) is 7.30. The maximum absolute atomic E-state index is 12.8. The first-order chi connectivity index (χ1) is 12.1. The molecular weight excluding hydrogens is 316 g/mol. The Balaban J connectivity index is 1.73. The van der Waals surface area contributed by atoms with Crippen LogP contribution in [0.15, 0.2) is 24.3 Å². The second-order valence-electron chi connectivity index (χ2n) is 7.30. The molecule has 2 fully saturated rings. The van der Waals surface area contributed by atoms with Crippen molar-refractivity contribution in [2.45, 2.75) is 25.8 Å². The average molecular weight is 346 g/mol. The van der Waals surface area contributed by atoms with Crippen LogP contribution in [0, 0.1) is 5.92 Å². The number of carbonyl (C=O) groups excluding carboxylic acids is 1. The number of aliphatic hydroxyl groups excluding tert-OH is 1. The molecule has 6 nitrogen and oxygen atoms in total. The molecule has 0 unspecified atom stereocenters. The number of benzene rings is 1. The van der Waals surface area contributed by atoms with E-state index in [1.54, 1.807) is 4.90 Å². The average Bonchev–Trinajstić information content (AvgIpc) is 2.62. The minimum absolute atomic E-state index is 0.0225. The fraction of sp³-hybridized carbons (Fsp3) is 0.632. The molecule has 2 heterocycles. The van der Waals surface area contributed by atoms with Crippen LogP contribution >= 0.6 is 0 Å². The number of amides is 2. The van der Waals surface area contributed by atoms with Crippen molar-refractivity contribution in [1.29, 1.82) is 0 Å². The molecule has 2 N–H and O–H groups in total. The SMILES string of the molecule is C[C@@H]1CCCN(C(=O)Nc2ccccc2N2CCN(C)CC2)[C@@H]1CO. The molecule has 2 saturated heterocycles. The number of anilines is 2. The Bertz CT molecular complexity index is 587. The number of para-hydroxylation sites is 2. The number of aliphatic hydroxyl groups is 1. The summed E-state index contributed by atoms with van der Waals surface area (Å²) in [6, 6.07) is 7.81. The van der Waals surface area contributed by atoms with Crippen molar-refractivity contribution >= 4 is 17.4 Å². The molecule has 0 aromatic heterocycles. The molecule has 0 radical (unpaired) electrons. The molecule has 0 bridgehead atoms. The van der Waals surface area contributed by atoms with Gasteiger partial charge in [0.2, 0.25) is 0 Å². The van der Waals surface area contributed by atoms with Gasteiger partial charge in [0.25, 0.3) is 0 Å². The summed E-state index contributed by atoms with van der Waals surface area (Å²) >= 11 is 0. The number of hydrogen-bond donors (Lipinski definition) is 2. The van der Waals surface area contributed by atoms with Gasteiger partial charge in [0.15, 0.2) is 0 Å². The van der Waals surface area contributed by atoms with Crippen LogP contribution in [0.2, 0.25) is 0 Å². The first kappa shape index (κ1) is 18.0. The number of nitrogens with one attached hydrogen (secondary N) is 1. The Morgan fingerprint density at radius 3 is 2.64 bits per heavy atom. The molecule has 1 aromatic carbocycles. The highest BCUT2D eigenvalue weighted by Gasteiger charge is 2.31. The summed E-state index contributed by atoms with van der Waals surface area (Å²) in [5, 5.41) is 12.8. The molecule has 138 valence electrons. The van der Waals surface area contributed by atoms with E-state index in [2.05, 4.69) is 35.2 Å². The Hall–Kier alpha value is -1.79. The predicted molar refractivity (Wildman–Crippen MR) is 101 cm³/mol. The molecule has 2 amide bonds. The van der Waals surface area contributed by atoms with E-state index in [9.17, 15) is 9.90 Å². The normalized spacial score (nSPS) is 25.1. The van der Waals surface area contributed by atoms with E-state index in [1.807, 2.05) is 18.2 Å². The fourth-order valence-corrected chi connectivity index (χ4v) is 3.87. The molecule has 2 atom stereocenters. The van der Waals surface area contributed by atoms with Crippen molar-refractivity contribution in [1.82, 2.24) is 9.80 Å². The molecule has 2 aliphatic rings. The van der Waals surface area contributed by atoms with Crippen LogP contribution in [-0.2, 0) is 0 Å². The van der Waals surface area contributed by atoms with Crippen LogP contribution in [0.25, 0.3) is 0 Å². The molecule has 2 aliphatic heterocycles. The lowest BCUT2D eigenvalue weighted by Gasteiger charge is -2.39. The fourth-order valence-electron chi connectivity index (χ4n) is 3.87. The van der Waals surface area contributed by atoms with Crippen molar-refractivity contribution in [2.75, 3.05) is 56.6 Å². The van der Waals surface area contributed by atoms with Crippen LogP contribution in [0.4, 0.5) is 16.2 Å². The van der Waals surface area contributed by atoms with Crippen molar-refractivity contribution < 1.29 is 9.90 Å². The van der Waals surface area contributed by atoms with Gasteiger partial charge in [0, 0.05) is 32.7 Å². The summed E-state index contributed by atoms with van der Waals surface area (Å²) in [6.07, 6.45) is 2.05. The molecule has 6 heteroatoms. The van der Waals surface area contributed by atoms with E-state index in [0.717, 1.165) is 50.4 Å². The number of nitrogens with zero attached hydrogens (tertiary/aromatic N) is 3. The smallest absolute Gasteiger partial charge is 0.322 e. The van der Waals surface area contributed by atoms with E-state index in [4.69, 9.17) is 0 Å². The van der Waals surface area contributed by atoms with Crippen LogP contribution in [0.1, 0.15) is 19.8 Å². The van der Waals surface area contributed by atoms with Gasteiger partial charge in [-0.2, -0.15) is 0 Å². The van der Waals surface area contributed by atoms with E-state index < -0.39 is 0 Å². The van der Waals surface area contributed by atoms with Gasteiger partial charge in [-0.3, -0.25) is 0 Å². The Morgan fingerprint density at radius 2 is 1.92 bits per heavy atom. The summed E-state index contributed by atoms with van der Waals surface area (Å²) < 4.78 is 0. The topological polar surface area (TPSA) is 59.1 Å². The largest absolute Gasteiger partial charge is 0.394 e. The van der Waals surface area contributed by atoms with Gasteiger partial charge in [-0.15, -0.1) is 0 Å². The Kier molecular flexibility index (Phi) is 5.81. The van der Waals surface area contributed by atoms with Crippen molar-refractivity contribution in [3.8, 4) is 0 Å². The summed E-state index contributed by atoms with van der Waals surface area (Å²) in [4.78, 5) is 19.3. The van der Waals surface area contributed by atoms with E-state index >= 15 is 0 Å². The first-order valence-corrected chi connectivity index (χ1v) is 9.31. The van der Waals surface area contributed by atoms with Gasteiger partial charge in [-0.05, 0) is 37.9 Å². The van der Waals surface area contributed by atoms with E-state index in [-0.39, 0.29) is 18.7 Å². The van der Waals surface area contributed by atoms with Crippen LogP contribution in [-0.4, -0.2) is 73.4 Å². The summed E-state index contributed by atoms with van der Waals surface area (Å²) in [5.74, 6) is 0.331. The van der Waals surface area contributed by atoms with Crippen molar-refractivity contribution in [3.05, 3.63) is 24.3 Å². The lowest BCUT2D eigenvalue weighted by atomic mass is 9.91. The third-order valence-corrected chi connectivity index (χ3v) is 5.55. The molecule has 3 rings (SSSR count). The number of hydrogen-bond acceptors (Lipinski definition) is 4. The molecular formula is C19H30N4O2. The molecule has 0 saturated carbocycles. The van der Waals surface area contributed by atoms with Crippen molar-refractivity contribution in [2.24, 2.45) is 5.92 Å². The number of rotatable bonds is 3. The molecule has 25 heavy (non-hydrogen) atoms. The number of urea groups is 1. The van der Waals surface area contributed by atoms with Gasteiger partial charge in [0.05, 0.1) is 24.0 Å². The highest BCUT2D eigenvalue weighted by atomic mass is 16.3. The lowest BCUT2D eigenvalue weighted by Crippen LogP contribution is -2.51. The van der Waals surface area contributed by atoms with Gasteiger partial charge >= 0.3 is 6.03 Å². The van der Waals surface area contributed by atoms with Crippen LogP contribution < -0.4 is 10.2 Å². The maximum Gasteiger partial charge on any atom is 0.322 e. The van der Waals surface area contributed by atoms with Crippen LogP contribution in [0.3, 0.4) is 0 Å². The van der Waals surface area contributed by atoms with Gasteiger partial charge in [0.1, 0.15) is 0 Å². The number of piperidine rings is 1. The minimum Gasteiger partial charge on any atom is -0.394 e. The maximum atomic E-state index is 12.8. The summed E-state index contributed by atoms with van der Waals surface area (Å²) in [6.45, 7) is 6.81. The molecule has 1 aromatic rings. The zero-order valence-electron chi connectivity index (χ0n) is 15.3. The predicted octanol–water partition coefficient (Wildman–Crippen LogP) is 2.06.